The van der Waals surface area contributed by atoms with Crippen molar-refractivity contribution in [1.82, 2.24) is 5.32 Å². The molecule has 0 aliphatic heterocycles. The summed E-state index contributed by atoms with van der Waals surface area (Å²) >= 11 is 1.23. The molecular weight excluding hydrogens is 260 g/mol. The molecule has 7 heteroatoms. The number of rotatable bonds is 4. The first-order chi connectivity index (χ1) is 7.65. The van der Waals surface area contributed by atoms with Gasteiger partial charge in [-0.05, 0) is 25.3 Å². The SMILES string of the molecule is CC(C)(CNC(=O)c1sccc1N)S(C)(=O)=O. The van der Waals surface area contributed by atoms with Crippen molar-refractivity contribution in [3.05, 3.63) is 16.3 Å². The first-order valence-corrected chi connectivity index (χ1v) is 7.73. The lowest BCUT2D eigenvalue weighted by molar-refractivity contribution is 0.0955. The predicted octanol–water partition coefficient (Wildman–Crippen LogP) is 0.883. The Morgan fingerprint density at radius 2 is 2.12 bits per heavy atom. The zero-order valence-electron chi connectivity index (χ0n) is 9.98. The zero-order chi connectivity index (χ0) is 13.3. The van der Waals surface area contributed by atoms with Crippen LogP contribution < -0.4 is 11.1 Å². The summed E-state index contributed by atoms with van der Waals surface area (Å²) in [5, 5.41) is 4.30. The highest BCUT2D eigenvalue weighted by Crippen LogP contribution is 2.19. The molecule has 3 N–H and O–H groups in total. The number of hydrogen-bond donors (Lipinski definition) is 2. The van der Waals surface area contributed by atoms with Crippen LogP contribution in [0.1, 0.15) is 23.5 Å². The molecule has 1 rings (SSSR count). The van der Waals surface area contributed by atoms with E-state index < -0.39 is 14.6 Å². The van der Waals surface area contributed by atoms with E-state index in [1.54, 1.807) is 25.3 Å². The molecule has 0 bridgehead atoms. The van der Waals surface area contributed by atoms with Crippen LogP contribution in [0.15, 0.2) is 11.4 Å². The third-order valence-corrected chi connectivity index (χ3v) is 5.66. The van der Waals surface area contributed by atoms with Crippen molar-refractivity contribution in [3.8, 4) is 0 Å². The highest BCUT2D eigenvalue weighted by molar-refractivity contribution is 7.92. The van der Waals surface area contributed by atoms with Crippen LogP contribution in [-0.2, 0) is 9.84 Å². The van der Waals surface area contributed by atoms with Gasteiger partial charge in [0, 0.05) is 12.8 Å². The van der Waals surface area contributed by atoms with E-state index in [0.29, 0.717) is 10.6 Å². The average molecular weight is 276 g/mol. The molecule has 0 fully saturated rings. The topological polar surface area (TPSA) is 89.3 Å². The van der Waals surface area contributed by atoms with E-state index in [9.17, 15) is 13.2 Å². The van der Waals surface area contributed by atoms with Crippen LogP contribution in [0, 0.1) is 0 Å². The monoisotopic (exact) mass is 276 g/mol. The predicted molar refractivity (Wildman–Crippen MR) is 70.0 cm³/mol. The second kappa shape index (κ2) is 4.66. The largest absolute Gasteiger partial charge is 0.397 e. The Balaban J connectivity index is 2.71. The van der Waals surface area contributed by atoms with Crippen LogP contribution in [-0.4, -0.2) is 31.9 Å². The number of carbonyl (C=O) groups is 1. The van der Waals surface area contributed by atoms with Gasteiger partial charge in [-0.15, -0.1) is 11.3 Å². The molecule has 0 aliphatic rings. The van der Waals surface area contributed by atoms with Crippen LogP contribution in [0.25, 0.3) is 0 Å². The highest BCUT2D eigenvalue weighted by Gasteiger charge is 2.30. The summed E-state index contributed by atoms with van der Waals surface area (Å²) in [4.78, 5) is 12.1. The van der Waals surface area contributed by atoms with Crippen molar-refractivity contribution >= 4 is 32.8 Å². The van der Waals surface area contributed by atoms with Gasteiger partial charge in [0.2, 0.25) is 0 Å². The molecule has 0 saturated heterocycles. The van der Waals surface area contributed by atoms with Crippen LogP contribution in [0.4, 0.5) is 5.69 Å². The molecule has 96 valence electrons. The Kier molecular flexibility index (Phi) is 3.83. The van der Waals surface area contributed by atoms with Gasteiger partial charge >= 0.3 is 0 Å². The first-order valence-electron chi connectivity index (χ1n) is 4.96. The van der Waals surface area contributed by atoms with Gasteiger partial charge in [0.25, 0.3) is 5.91 Å². The molecule has 0 aliphatic carbocycles. The Morgan fingerprint density at radius 3 is 2.53 bits per heavy atom. The fourth-order valence-electron chi connectivity index (χ4n) is 1.01. The highest BCUT2D eigenvalue weighted by atomic mass is 32.2. The van der Waals surface area contributed by atoms with Gasteiger partial charge in [0.05, 0.1) is 10.4 Å². The Hall–Kier alpha value is -1.08. The minimum Gasteiger partial charge on any atom is -0.397 e. The molecule has 0 saturated carbocycles. The number of nitrogens with one attached hydrogen (secondary N) is 1. The van der Waals surface area contributed by atoms with Crippen molar-refractivity contribution < 1.29 is 13.2 Å². The molecular formula is C10H16N2O3S2. The maximum atomic E-state index is 11.7. The van der Waals surface area contributed by atoms with Gasteiger partial charge in [0.15, 0.2) is 9.84 Å². The third kappa shape index (κ3) is 3.19. The van der Waals surface area contributed by atoms with Gasteiger partial charge in [-0.25, -0.2) is 8.42 Å². The normalized spacial score (nSPS) is 12.4. The number of sulfone groups is 1. The molecule has 0 unspecified atom stereocenters. The quantitative estimate of drug-likeness (QED) is 0.854. The molecule has 0 spiro atoms. The Bertz CT molecular complexity index is 517. The number of carbonyl (C=O) groups excluding carboxylic acids is 1. The lowest BCUT2D eigenvalue weighted by Gasteiger charge is -2.22. The standard InChI is InChI=1S/C10H16N2O3S2/c1-10(2,17(3,14)15)6-12-9(13)8-7(11)4-5-16-8/h4-5H,6,11H2,1-3H3,(H,12,13). The van der Waals surface area contributed by atoms with E-state index in [4.69, 9.17) is 5.73 Å². The van der Waals surface area contributed by atoms with Gasteiger partial charge < -0.3 is 11.1 Å². The van der Waals surface area contributed by atoms with E-state index in [2.05, 4.69) is 5.32 Å². The molecule has 0 aromatic carbocycles. The Labute approximate surface area is 105 Å². The fourth-order valence-corrected chi connectivity index (χ4v) is 2.08. The lowest BCUT2D eigenvalue weighted by atomic mass is 10.2. The third-order valence-electron chi connectivity index (χ3n) is 2.58. The molecule has 5 nitrogen and oxygen atoms in total. The van der Waals surface area contributed by atoms with E-state index in [1.165, 1.54) is 11.3 Å². The number of nitrogens with two attached hydrogens (primary N) is 1. The second-order valence-corrected chi connectivity index (χ2v) is 7.99. The van der Waals surface area contributed by atoms with E-state index in [-0.39, 0.29) is 12.5 Å². The molecule has 17 heavy (non-hydrogen) atoms. The average Bonchev–Trinajstić information content (AvgIpc) is 2.59. The Morgan fingerprint density at radius 1 is 1.53 bits per heavy atom. The molecule has 1 aromatic rings. The van der Waals surface area contributed by atoms with E-state index in [1.807, 2.05) is 0 Å². The first kappa shape index (κ1) is 14.0. The van der Waals surface area contributed by atoms with Crippen LogP contribution >= 0.6 is 11.3 Å². The van der Waals surface area contributed by atoms with E-state index in [0.717, 1.165) is 6.26 Å². The minimum atomic E-state index is -3.22. The summed E-state index contributed by atoms with van der Waals surface area (Å²) in [5.74, 6) is -0.339. The summed E-state index contributed by atoms with van der Waals surface area (Å²) in [6, 6.07) is 1.64. The van der Waals surface area contributed by atoms with Gasteiger partial charge in [-0.2, -0.15) is 0 Å². The van der Waals surface area contributed by atoms with E-state index >= 15 is 0 Å². The smallest absolute Gasteiger partial charge is 0.263 e. The molecule has 1 heterocycles. The second-order valence-electron chi connectivity index (χ2n) is 4.42. The number of anilines is 1. The van der Waals surface area contributed by atoms with Gasteiger partial charge in [-0.3, -0.25) is 4.79 Å². The van der Waals surface area contributed by atoms with Crippen molar-refractivity contribution in [1.29, 1.82) is 0 Å². The lowest BCUT2D eigenvalue weighted by Crippen LogP contribution is -2.43. The molecule has 0 atom stereocenters. The number of nitrogen functional groups attached to an aromatic ring is 1. The summed E-state index contributed by atoms with van der Waals surface area (Å²) < 4.78 is 21.9. The summed E-state index contributed by atoms with van der Waals surface area (Å²) in [6.45, 7) is 3.20. The van der Waals surface area contributed by atoms with Crippen LogP contribution in [0.2, 0.25) is 0 Å². The van der Waals surface area contributed by atoms with Crippen molar-refractivity contribution in [2.75, 3.05) is 18.5 Å². The zero-order valence-corrected chi connectivity index (χ0v) is 11.6. The van der Waals surface area contributed by atoms with Gasteiger partial charge in [-0.1, -0.05) is 0 Å². The van der Waals surface area contributed by atoms with Crippen molar-refractivity contribution in [3.63, 3.8) is 0 Å². The maximum absolute atomic E-state index is 11.7. The summed E-state index contributed by atoms with van der Waals surface area (Å²) in [6.07, 6.45) is 1.15. The summed E-state index contributed by atoms with van der Waals surface area (Å²) in [5.41, 5.74) is 6.01. The molecule has 0 radical (unpaired) electrons. The minimum absolute atomic E-state index is 0.0575. The molecule has 1 amide bonds. The fraction of sp³-hybridized carbons (Fsp3) is 0.500. The van der Waals surface area contributed by atoms with Crippen LogP contribution in [0.3, 0.4) is 0 Å². The number of amides is 1. The van der Waals surface area contributed by atoms with Crippen molar-refractivity contribution in [2.45, 2.75) is 18.6 Å². The molecule has 1 aromatic heterocycles. The van der Waals surface area contributed by atoms with Crippen molar-refractivity contribution in [2.24, 2.45) is 0 Å². The maximum Gasteiger partial charge on any atom is 0.263 e. The summed E-state index contributed by atoms with van der Waals surface area (Å²) in [7, 11) is -3.22. The van der Waals surface area contributed by atoms with Crippen LogP contribution in [0.5, 0.6) is 0 Å². The van der Waals surface area contributed by atoms with Gasteiger partial charge in [0.1, 0.15) is 4.88 Å². The number of thiophene rings is 1. The number of hydrogen-bond acceptors (Lipinski definition) is 5.